The van der Waals surface area contributed by atoms with Gasteiger partial charge in [-0.25, -0.2) is 4.79 Å². The molecule has 0 fully saturated rings. The Labute approximate surface area is 133 Å². The molecule has 0 spiro atoms. The third-order valence-electron chi connectivity index (χ3n) is 3.19. The zero-order valence-electron chi connectivity index (χ0n) is 12.5. The molecular formula is C15H16ClN3O3. The second-order valence-corrected chi connectivity index (χ2v) is 5.24. The third-order valence-corrected chi connectivity index (χ3v) is 3.44. The van der Waals surface area contributed by atoms with Gasteiger partial charge in [0.05, 0.1) is 22.6 Å². The van der Waals surface area contributed by atoms with E-state index in [1.54, 1.807) is 30.8 Å². The number of anilines is 1. The zero-order valence-corrected chi connectivity index (χ0v) is 13.3. The van der Waals surface area contributed by atoms with Gasteiger partial charge < -0.3 is 10.1 Å². The van der Waals surface area contributed by atoms with Gasteiger partial charge in [0.25, 0.3) is 5.91 Å². The van der Waals surface area contributed by atoms with E-state index in [1.807, 2.05) is 6.92 Å². The molecule has 0 saturated heterocycles. The van der Waals surface area contributed by atoms with Crippen LogP contribution in [0, 0.1) is 13.8 Å². The first-order valence-electron chi connectivity index (χ1n) is 6.61. The number of nitrogens with one attached hydrogen (secondary N) is 1. The molecule has 1 N–H and O–H groups in total. The van der Waals surface area contributed by atoms with Crippen LogP contribution >= 0.6 is 11.6 Å². The van der Waals surface area contributed by atoms with Crippen LogP contribution in [-0.4, -0.2) is 28.3 Å². The first kappa shape index (κ1) is 16.0. The Morgan fingerprint density at radius 2 is 1.91 bits per heavy atom. The summed E-state index contributed by atoms with van der Waals surface area (Å²) in [5.74, 6) is -0.993. The van der Waals surface area contributed by atoms with Crippen LogP contribution in [0.4, 0.5) is 5.69 Å². The minimum absolute atomic E-state index is 0.339. The van der Waals surface area contributed by atoms with Crippen molar-refractivity contribution in [3.05, 3.63) is 46.2 Å². The fraction of sp³-hybridized carbons (Fsp3) is 0.267. The molecule has 0 aliphatic heterocycles. The highest BCUT2D eigenvalue weighted by atomic mass is 35.5. The molecule has 0 bridgehead atoms. The number of esters is 1. The van der Waals surface area contributed by atoms with E-state index in [2.05, 4.69) is 10.4 Å². The largest absolute Gasteiger partial charge is 0.452 e. The van der Waals surface area contributed by atoms with E-state index in [-0.39, 0.29) is 6.61 Å². The van der Waals surface area contributed by atoms with E-state index in [1.165, 1.54) is 12.1 Å². The lowest BCUT2D eigenvalue weighted by atomic mass is 10.2. The van der Waals surface area contributed by atoms with Crippen molar-refractivity contribution in [2.75, 3.05) is 11.9 Å². The van der Waals surface area contributed by atoms with Crippen molar-refractivity contribution >= 4 is 29.2 Å². The van der Waals surface area contributed by atoms with Crippen molar-refractivity contribution in [2.45, 2.75) is 13.8 Å². The quantitative estimate of drug-likeness (QED) is 0.878. The fourth-order valence-electron chi connectivity index (χ4n) is 1.93. The first-order valence-corrected chi connectivity index (χ1v) is 6.99. The number of ether oxygens (including phenoxy) is 1. The summed E-state index contributed by atoms with van der Waals surface area (Å²) in [7, 11) is 1.79. The maximum absolute atomic E-state index is 11.9. The summed E-state index contributed by atoms with van der Waals surface area (Å²) >= 11 is 5.74. The Bertz CT molecular complexity index is 708. The maximum Gasteiger partial charge on any atom is 0.338 e. The van der Waals surface area contributed by atoms with Crippen molar-refractivity contribution in [1.29, 1.82) is 0 Å². The van der Waals surface area contributed by atoms with Crippen molar-refractivity contribution in [2.24, 2.45) is 7.05 Å². The van der Waals surface area contributed by atoms with Crippen LogP contribution in [0.25, 0.3) is 0 Å². The van der Waals surface area contributed by atoms with Crippen LogP contribution in [0.3, 0.4) is 0 Å². The van der Waals surface area contributed by atoms with Crippen LogP contribution in [0.15, 0.2) is 24.3 Å². The molecule has 1 heterocycles. The van der Waals surface area contributed by atoms with E-state index in [0.29, 0.717) is 22.0 Å². The number of hydrogen-bond donors (Lipinski definition) is 1. The fourth-order valence-corrected chi connectivity index (χ4v) is 2.06. The number of carbonyl (C=O) groups excluding carboxylic acids is 2. The molecule has 22 heavy (non-hydrogen) atoms. The third kappa shape index (κ3) is 3.65. The Morgan fingerprint density at radius 3 is 2.45 bits per heavy atom. The Balaban J connectivity index is 1.92. The molecule has 1 amide bonds. The number of rotatable bonds is 4. The van der Waals surface area contributed by atoms with Crippen molar-refractivity contribution in [3.63, 3.8) is 0 Å². The zero-order chi connectivity index (χ0) is 16.3. The summed E-state index contributed by atoms with van der Waals surface area (Å²) in [5.41, 5.74) is 2.51. The summed E-state index contributed by atoms with van der Waals surface area (Å²) < 4.78 is 6.64. The molecule has 0 unspecified atom stereocenters. The molecule has 0 aliphatic rings. The molecule has 0 radical (unpaired) electrons. The SMILES string of the molecule is Cc1nn(C)c(C)c1NC(=O)COC(=O)c1ccc(Cl)cc1. The maximum atomic E-state index is 11.9. The number of carbonyl (C=O) groups is 2. The Kier molecular flexibility index (Phi) is 4.82. The molecule has 0 atom stereocenters. The van der Waals surface area contributed by atoms with Gasteiger partial charge in [-0.05, 0) is 38.1 Å². The molecule has 6 nitrogen and oxygen atoms in total. The van der Waals surface area contributed by atoms with E-state index in [9.17, 15) is 9.59 Å². The van der Waals surface area contributed by atoms with Crippen LogP contribution in [0.5, 0.6) is 0 Å². The highest BCUT2D eigenvalue weighted by Gasteiger charge is 2.14. The predicted molar refractivity (Wildman–Crippen MR) is 83.0 cm³/mol. The standard InChI is InChI=1S/C15H16ClN3O3/c1-9-14(10(2)19(3)18-9)17-13(20)8-22-15(21)11-4-6-12(16)7-5-11/h4-7H,8H2,1-3H3,(H,17,20). The van der Waals surface area contributed by atoms with Crippen LogP contribution in [-0.2, 0) is 16.6 Å². The molecule has 2 aromatic rings. The second kappa shape index (κ2) is 6.62. The molecule has 7 heteroatoms. The van der Waals surface area contributed by atoms with Crippen molar-refractivity contribution in [1.82, 2.24) is 9.78 Å². The molecule has 0 aliphatic carbocycles. The number of benzene rings is 1. The van der Waals surface area contributed by atoms with E-state index in [0.717, 1.165) is 5.69 Å². The van der Waals surface area contributed by atoms with Crippen molar-refractivity contribution < 1.29 is 14.3 Å². The van der Waals surface area contributed by atoms with Crippen molar-refractivity contribution in [3.8, 4) is 0 Å². The van der Waals surface area contributed by atoms with Gasteiger partial charge in [-0.2, -0.15) is 5.10 Å². The van der Waals surface area contributed by atoms with Crippen LogP contribution < -0.4 is 5.32 Å². The summed E-state index contributed by atoms with van der Waals surface area (Å²) in [5, 5.41) is 7.42. The van der Waals surface area contributed by atoms with Gasteiger partial charge in [0, 0.05) is 12.1 Å². The Hall–Kier alpha value is -2.34. The Morgan fingerprint density at radius 1 is 1.27 bits per heavy atom. The summed E-state index contributed by atoms with van der Waals surface area (Å²) in [4.78, 5) is 23.7. The number of aryl methyl sites for hydroxylation is 2. The minimum atomic E-state index is -0.577. The van der Waals surface area contributed by atoms with Crippen LogP contribution in [0.1, 0.15) is 21.7 Å². The molecular weight excluding hydrogens is 306 g/mol. The number of nitrogens with zero attached hydrogens (tertiary/aromatic N) is 2. The van der Waals surface area contributed by atoms with Gasteiger partial charge >= 0.3 is 5.97 Å². The average Bonchev–Trinajstić information content (AvgIpc) is 2.72. The molecule has 2 rings (SSSR count). The highest BCUT2D eigenvalue weighted by Crippen LogP contribution is 2.18. The predicted octanol–water partition coefficient (Wildman–Crippen LogP) is 2.49. The molecule has 0 saturated carbocycles. The number of hydrogen-bond acceptors (Lipinski definition) is 4. The summed E-state index contributed by atoms with van der Waals surface area (Å²) in [6.45, 7) is 3.27. The van der Waals surface area contributed by atoms with E-state index < -0.39 is 11.9 Å². The second-order valence-electron chi connectivity index (χ2n) is 4.80. The lowest BCUT2D eigenvalue weighted by Crippen LogP contribution is -2.21. The summed E-state index contributed by atoms with van der Waals surface area (Å²) in [6.07, 6.45) is 0. The van der Waals surface area contributed by atoms with Gasteiger partial charge in [0.15, 0.2) is 6.61 Å². The number of halogens is 1. The number of aromatic nitrogens is 2. The lowest BCUT2D eigenvalue weighted by Gasteiger charge is -2.07. The van der Waals surface area contributed by atoms with E-state index >= 15 is 0 Å². The van der Waals surface area contributed by atoms with Gasteiger partial charge in [-0.15, -0.1) is 0 Å². The summed E-state index contributed by atoms with van der Waals surface area (Å²) in [6, 6.07) is 6.25. The normalized spacial score (nSPS) is 10.4. The minimum Gasteiger partial charge on any atom is -0.452 e. The first-order chi connectivity index (χ1) is 10.4. The lowest BCUT2D eigenvalue weighted by molar-refractivity contribution is -0.119. The average molecular weight is 322 g/mol. The van der Waals surface area contributed by atoms with Crippen LogP contribution in [0.2, 0.25) is 5.02 Å². The van der Waals surface area contributed by atoms with E-state index in [4.69, 9.17) is 16.3 Å². The smallest absolute Gasteiger partial charge is 0.338 e. The van der Waals surface area contributed by atoms with Gasteiger partial charge in [0.2, 0.25) is 0 Å². The van der Waals surface area contributed by atoms with Gasteiger partial charge in [-0.3, -0.25) is 9.48 Å². The van der Waals surface area contributed by atoms with Gasteiger partial charge in [-0.1, -0.05) is 11.6 Å². The highest BCUT2D eigenvalue weighted by molar-refractivity contribution is 6.30. The number of amides is 1. The topological polar surface area (TPSA) is 73.2 Å². The molecule has 1 aromatic heterocycles. The van der Waals surface area contributed by atoms with Gasteiger partial charge in [0.1, 0.15) is 0 Å². The molecule has 1 aromatic carbocycles. The monoisotopic (exact) mass is 321 g/mol. The molecule has 116 valence electrons.